The molecule has 0 aromatic heterocycles. The predicted molar refractivity (Wildman–Crippen MR) is 158 cm³/mol. The van der Waals surface area contributed by atoms with Crippen molar-refractivity contribution in [2.45, 2.75) is 12.5 Å². The Bertz CT molecular complexity index is 1420. The van der Waals surface area contributed by atoms with Gasteiger partial charge >= 0.3 is 0 Å². The fourth-order valence-corrected chi connectivity index (χ4v) is 4.89. The molecule has 8 heteroatoms. The SMILES string of the molecule is COc1ccc(C2=NN(c3ccc(C=NNc4c(Cl)cccc4Cl)cc3)C(c3ccc(Br)cc3)C2)cc1. The van der Waals surface area contributed by atoms with Crippen molar-refractivity contribution in [2.24, 2.45) is 10.2 Å². The highest BCUT2D eigenvalue weighted by atomic mass is 79.9. The number of rotatable bonds is 7. The molecule has 0 bridgehead atoms. The number of benzene rings is 4. The van der Waals surface area contributed by atoms with Gasteiger partial charge in [0, 0.05) is 10.9 Å². The predicted octanol–water partition coefficient (Wildman–Crippen LogP) is 8.57. The van der Waals surface area contributed by atoms with Gasteiger partial charge in [0.05, 0.1) is 46.5 Å². The summed E-state index contributed by atoms with van der Waals surface area (Å²) in [7, 11) is 1.67. The Kier molecular flexibility index (Phi) is 7.79. The standard InChI is InChI=1S/C29H23BrCl2N4O/c1-37-24-15-9-20(10-16-24)27-17-28(21-7-11-22(30)12-8-21)36(35-27)23-13-5-19(6-14-23)18-33-34-29-25(31)3-2-4-26(29)32/h2-16,18,28,34H,17H2,1H3. The number of nitrogens with one attached hydrogen (secondary N) is 1. The molecule has 1 unspecified atom stereocenters. The van der Waals surface area contributed by atoms with Crippen molar-refractivity contribution in [3.05, 3.63) is 122 Å². The van der Waals surface area contributed by atoms with E-state index in [1.807, 2.05) is 24.3 Å². The molecule has 4 aromatic carbocycles. The number of nitrogens with zero attached hydrogens (tertiary/aromatic N) is 3. The third-order valence-electron chi connectivity index (χ3n) is 6.10. The van der Waals surface area contributed by atoms with Gasteiger partial charge in [-0.25, -0.2) is 0 Å². The summed E-state index contributed by atoms with van der Waals surface area (Å²) in [6, 6.07) is 30.0. The van der Waals surface area contributed by atoms with E-state index in [9.17, 15) is 0 Å². The van der Waals surface area contributed by atoms with Gasteiger partial charge in [-0.3, -0.25) is 10.4 Å². The zero-order valence-electron chi connectivity index (χ0n) is 19.9. The maximum absolute atomic E-state index is 6.20. The third kappa shape index (κ3) is 5.82. The summed E-state index contributed by atoms with van der Waals surface area (Å²) in [5.41, 5.74) is 8.74. The second kappa shape index (κ2) is 11.4. The van der Waals surface area contributed by atoms with E-state index in [1.54, 1.807) is 31.5 Å². The summed E-state index contributed by atoms with van der Waals surface area (Å²) in [5, 5.41) is 12.4. The van der Waals surface area contributed by atoms with Crippen molar-refractivity contribution < 1.29 is 4.74 Å². The largest absolute Gasteiger partial charge is 0.497 e. The summed E-state index contributed by atoms with van der Waals surface area (Å²) in [4.78, 5) is 0. The van der Waals surface area contributed by atoms with Gasteiger partial charge in [-0.2, -0.15) is 10.2 Å². The first-order chi connectivity index (χ1) is 18.0. The van der Waals surface area contributed by atoms with Crippen molar-refractivity contribution in [1.82, 2.24) is 0 Å². The van der Waals surface area contributed by atoms with Gasteiger partial charge in [-0.05, 0) is 77.4 Å². The smallest absolute Gasteiger partial charge is 0.118 e. The maximum atomic E-state index is 6.20. The Hall–Kier alpha value is -3.32. The fourth-order valence-electron chi connectivity index (χ4n) is 4.14. The quantitative estimate of drug-likeness (QED) is 0.172. The minimum Gasteiger partial charge on any atom is -0.497 e. The van der Waals surface area contributed by atoms with E-state index in [2.05, 4.69) is 80.0 Å². The number of halogens is 3. The molecule has 0 saturated heterocycles. The molecule has 1 N–H and O–H groups in total. The Morgan fingerprint density at radius 2 is 1.62 bits per heavy atom. The number of hydrazone groups is 2. The highest BCUT2D eigenvalue weighted by molar-refractivity contribution is 9.10. The first-order valence-electron chi connectivity index (χ1n) is 11.6. The summed E-state index contributed by atoms with van der Waals surface area (Å²) in [6.45, 7) is 0. The maximum Gasteiger partial charge on any atom is 0.118 e. The van der Waals surface area contributed by atoms with Crippen LogP contribution in [0.25, 0.3) is 0 Å². The van der Waals surface area contributed by atoms with Crippen LogP contribution in [0.4, 0.5) is 11.4 Å². The lowest BCUT2D eigenvalue weighted by Gasteiger charge is -2.24. The second-order valence-electron chi connectivity index (χ2n) is 8.45. The van der Waals surface area contributed by atoms with Gasteiger partial charge < -0.3 is 4.74 Å². The van der Waals surface area contributed by atoms with Gasteiger partial charge in [0.15, 0.2) is 0 Å². The molecule has 0 spiro atoms. The number of ether oxygens (including phenoxy) is 1. The van der Waals surface area contributed by atoms with Crippen molar-refractivity contribution >= 4 is 62.4 Å². The van der Waals surface area contributed by atoms with E-state index >= 15 is 0 Å². The van der Waals surface area contributed by atoms with Crippen molar-refractivity contribution in [2.75, 3.05) is 17.5 Å². The molecule has 186 valence electrons. The molecule has 0 radical (unpaired) electrons. The average Bonchev–Trinajstić information content (AvgIpc) is 3.37. The Morgan fingerprint density at radius 1 is 0.946 bits per heavy atom. The molecule has 1 heterocycles. The normalized spacial score (nSPS) is 15.2. The van der Waals surface area contributed by atoms with Crippen LogP contribution in [0.3, 0.4) is 0 Å². The lowest BCUT2D eigenvalue weighted by molar-refractivity contribution is 0.415. The summed E-state index contributed by atoms with van der Waals surface area (Å²) in [5.74, 6) is 0.826. The van der Waals surface area contributed by atoms with Crippen LogP contribution in [0.15, 0.2) is 106 Å². The van der Waals surface area contributed by atoms with Gasteiger partial charge in [0.2, 0.25) is 0 Å². The van der Waals surface area contributed by atoms with Gasteiger partial charge in [-0.15, -0.1) is 0 Å². The lowest BCUT2D eigenvalue weighted by atomic mass is 9.98. The number of hydrogen-bond donors (Lipinski definition) is 1. The molecule has 4 aromatic rings. The number of para-hydroxylation sites is 1. The van der Waals surface area contributed by atoms with Crippen LogP contribution in [0.1, 0.15) is 29.2 Å². The van der Waals surface area contributed by atoms with Crippen LogP contribution in [-0.2, 0) is 0 Å². The minimum atomic E-state index is 0.0775. The third-order valence-corrected chi connectivity index (χ3v) is 7.26. The monoisotopic (exact) mass is 592 g/mol. The number of anilines is 2. The minimum absolute atomic E-state index is 0.0775. The van der Waals surface area contributed by atoms with Gasteiger partial charge in [0.25, 0.3) is 0 Å². The molecule has 1 aliphatic heterocycles. The van der Waals surface area contributed by atoms with E-state index in [4.69, 9.17) is 33.0 Å². The van der Waals surface area contributed by atoms with Crippen LogP contribution < -0.4 is 15.2 Å². The average molecular weight is 594 g/mol. The number of hydrogen-bond acceptors (Lipinski definition) is 5. The fraction of sp³-hybridized carbons (Fsp3) is 0.103. The first kappa shape index (κ1) is 25.3. The van der Waals surface area contributed by atoms with E-state index in [0.717, 1.165) is 39.2 Å². The van der Waals surface area contributed by atoms with E-state index in [-0.39, 0.29) is 6.04 Å². The molecule has 1 atom stereocenters. The highest BCUT2D eigenvalue weighted by Crippen LogP contribution is 2.37. The second-order valence-corrected chi connectivity index (χ2v) is 10.2. The topological polar surface area (TPSA) is 49.2 Å². The lowest BCUT2D eigenvalue weighted by Crippen LogP contribution is -2.18. The van der Waals surface area contributed by atoms with E-state index in [0.29, 0.717) is 15.7 Å². The summed E-state index contributed by atoms with van der Waals surface area (Å²) in [6.07, 6.45) is 2.52. The van der Waals surface area contributed by atoms with Crippen LogP contribution >= 0.6 is 39.1 Å². The molecular weight excluding hydrogens is 571 g/mol. The van der Waals surface area contributed by atoms with Crippen LogP contribution in [-0.4, -0.2) is 19.0 Å². The first-order valence-corrected chi connectivity index (χ1v) is 13.2. The summed E-state index contributed by atoms with van der Waals surface area (Å²) >= 11 is 15.9. The highest BCUT2D eigenvalue weighted by Gasteiger charge is 2.30. The molecule has 0 fully saturated rings. The zero-order valence-corrected chi connectivity index (χ0v) is 23.0. The van der Waals surface area contributed by atoms with Gasteiger partial charge in [-0.1, -0.05) is 69.5 Å². The van der Waals surface area contributed by atoms with Crippen LogP contribution in [0, 0.1) is 0 Å². The van der Waals surface area contributed by atoms with E-state index in [1.165, 1.54) is 5.56 Å². The Labute approximate surface area is 234 Å². The van der Waals surface area contributed by atoms with Gasteiger partial charge in [0.1, 0.15) is 5.75 Å². The number of methoxy groups -OCH3 is 1. The Balaban J connectivity index is 1.39. The molecular formula is C29H23BrCl2N4O. The molecule has 5 rings (SSSR count). The van der Waals surface area contributed by atoms with E-state index < -0.39 is 0 Å². The van der Waals surface area contributed by atoms with Crippen molar-refractivity contribution in [3.63, 3.8) is 0 Å². The molecule has 0 aliphatic carbocycles. The molecule has 5 nitrogen and oxygen atoms in total. The van der Waals surface area contributed by atoms with Crippen molar-refractivity contribution in [1.29, 1.82) is 0 Å². The summed E-state index contributed by atoms with van der Waals surface area (Å²) < 4.78 is 6.37. The molecule has 37 heavy (non-hydrogen) atoms. The van der Waals surface area contributed by atoms with Crippen molar-refractivity contribution in [3.8, 4) is 5.75 Å². The molecule has 0 saturated carbocycles. The van der Waals surface area contributed by atoms with Crippen LogP contribution in [0.2, 0.25) is 10.0 Å². The molecule has 0 amide bonds. The van der Waals surface area contributed by atoms with Crippen LogP contribution in [0.5, 0.6) is 5.75 Å². The molecule has 1 aliphatic rings. The zero-order chi connectivity index (χ0) is 25.8. The Morgan fingerprint density at radius 3 is 2.27 bits per heavy atom.